The largest absolute Gasteiger partial charge is 0.385 e. The summed E-state index contributed by atoms with van der Waals surface area (Å²) in [5.41, 5.74) is 2.33. The van der Waals surface area contributed by atoms with E-state index in [1.807, 2.05) is 19.1 Å². The van der Waals surface area contributed by atoms with Gasteiger partial charge in [0.25, 0.3) is 5.91 Å². The third-order valence-corrected chi connectivity index (χ3v) is 2.45. The van der Waals surface area contributed by atoms with E-state index in [9.17, 15) is 4.79 Å². The predicted octanol–water partition coefficient (Wildman–Crippen LogP) is 2.04. The highest BCUT2D eigenvalue weighted by Crippen LogP contribution is 2.09. The molecule has 0 aliphatic heterocycles. The molecule has 2 aromatic rings. The molecule has 0 radical (unpaired) electrons. The zero-order valence-corrected chi connectivity index (χ0v) is 10.1. The number of nitrogens with zero attached hydrogens (tertiary/aromatic N) is 1. The van der Waals surface area contributed by atoms with E-state index in [2.05, 4.69) is 20.3 Å². The van der Waals surface area contributed by atoms with Crippen LogP contribution in [0.1, 0.15) is 23.0 Å². The highest BCUT2D eigenvalue weighted by atomic mass is 16.5. The molecule has 0 aliphatic carbocycles. The lowest BCUT2D eigenvalue weighted by atomic mass is 10.2. The summed E-state index contributed by atoms with van der Waals surface area (Å²) >= 11 is 0. The van der Waals surface area contributed by atoms with Crippen LogP contribution in [0.15, 0.2) is 41.1 Å². The molecule has 18 heavy (non-hydrogen) atoms. The van der Waals surface area contributed by atoms with Crippen LogP contribution in [0.4, 0.5) is 5.69 Å². The molecular weight excluding hydrogens is 230 g/mol. The Labute approximate surface area is 105 Å². The zero-order chi connectivity index (χ0) is 12.8. The second-order valence-electron chi connectivity index (χ2n) is 3.78. The first-order valence-electron chi connectivity index (χ1n) is 5.81. The Morgan fingerprint density at radius 2 is 2.06 bits per heavy atom. The summed E-state index contributed by atoms with van der Waals surface area (Å²) in [4.78, 5) is 11.8. The average molecular weight is 245 g/mol. The van der Waals surface area contributed by atoms with Crippen molar-refractivity contribution in [1.82, 2.24) is 10.5 Å². The van der Waals surface area contributed by atoms with Crippen LogP contribution in [0.3, 0.4) is 0 Å². The predicted molar refractivity (Wildman–Crippen MR) is 68.3 cm³/mol. The van der Waals surface area contributed by atoms with Crippen molar-refractivity contribution in [2.24, 2.45) is 0 Å². The molecule has 0 aliphatic rings. The van der Waals surface area contributed by atoms with E-state index >= 15 is 0 Å². The van der Waals surface area contributed by atoms with E-state index in [-0.39, 0.29) is 5.91 Å². The van der Waals surface area contributed by atoms with Gasteiger partial charge >= 0.3 is 0 Å². The number of hydrogen-bond acceptors (Lipinski definition) is 4. The SMILES string of the molecule is CCNc1ccc(C(=O)NCc2ccon2)cc1. The van der Waals surface area contributed by atoms with E-state index in [1.165, 1.54) is 6.26 Å². The summed E-state index contributed by atoms with van der Waals surface area (Å²) in [5.74, 6) is -0.124. The van der Waals surface area contributed by atoms with Gasteiger partial charge in [0.1, 0.15) is 12.0 Å². The standard InChI is InChI=1S/C13H15N3O2/c1-2-14-11-5-3-10(4-6-11)13(17)15-9-12-7-8-18-16-12/h3-8,14H,2,9H2,1H3,(H,15,17). The maximum absolute atomic E-state index is 11.8. The van der Waals surface area contributed by atoms with E-state index in [0.717, 1.165) is 12.2 Å². The smallest absolute Gasteiger partial charge is 0.251 e. The maximum Gasteiger partial charge on any atom is 0.251 e. The Kier molecular flexibility index (Phi) is 3.96. The molecule has 0 fully saturated rings. The summed E-state index contributed by atoms with van der Waals surface area (Å²) in [6.07, 6.45) is 1.48. The third-order valence-electron chi connectivity index (χ3n) is 2.45. The lowest BCUT2D eigenvalue weighted by Crippen LogP contribution is -2.22. The van der Waals surface area contributed by atoms with Gasteiger partial charge in [-0.05, 0) is 31.2 Å². The monoisotopic (exact) mass is 245 g/mol. The van der Waals surface area contributed by atoms with Gasteiger partial charge in [-0.15, -0.1) is 0 Å². The Morgan fingerprint density at radius 3 is 2.67 bits per heavy atom. The Hall–Kier alpha value is -2.30. The summed E-state index contributed by atoms with van der Waals surface area (Å²) in [6, 6.07) is 9.06. The fourth-order valence-electron chi connectivity index (χ4n) is 1.55. The van der Waals surface area contributed by atoms with Crippen LogP contribution in [-0.4, -0.2) is 17.6 Å². The number of amides is 1. The average Bonchev–Trinajstić information content (AvgIpc) is 2.90. The summed E-state index contributed by atoms with van der Waals surface area (Å²) in [7, 11) is 0. The number of anilines is 1. The molecule has 0 spiro atoms. The quantitative estimate of drug-likeness (QED) is 0.845. The minimum Gasteiger partial charge on any atom is -0.385 e. The van der Waals surface area contributed by atoms with Crippen LogP contribution in [0.5, 0.6) is 0 Å². The Morgan fingerprint density at radius 1 is 1.28 bits per heavy atom. The number of hydrogen-bond donors (Lipinski definition) is 2. The van der Waals surface area contributed by atoms with Gasteiger partial charge in [-0.3, -0.25) is 4.79 Å². The highest BCUT2D eigenvalue weighted by Gasteiger charge is 2.05. The van der Waals surface area contributed by atoms with Gasteiger partial charge in [0.05, 0.1) is 6.54 Å². The van der Waals surface area contributed by atoms with Gasteiger partial charge in [-0.25, -0.2) is 0 Å². The van der Waals surface area contributed by atoms with Crippen LogP contribution in [0, 0.1) is 0 Å². The van der Waals surface area contributed by atoms with E-state index in [1.54, 1.807) is 18.2 Å². The lowest BCUT2D eigenvalue weighted by Gasteiger charge is -2.05. The van der Waals surface area contributed by atoms with Crippen molar-refractivity contribution in [2.75, 3.05) is 11.9 Å². The van der Waals surface area contributed by atoms with Crippen molar-refractivity contribution >= 4 is 11.6 Å². The summed E-state index contributed by atoms with van der Waals surface area (Å²) in [5, 5.41) is 9.67. The van der Waals surface area contributed by atoms with Crippen molar-refractivity contribution in [3.05, 3.63) is 47.9 Å². The van der Waals surface area contributed by atoms with Gasteiger partial charge in [0.15, 0.2) is 0 Å². The molecule has 5 nitrogen and oxygen atoms in total. The molecule has 1 amide bonds. The van der Waals surface area contributed by atoms with Crippen LogP contribution < -0.4 is 10.6 Å². The number of nitrogens with one attached hydrogen (secondary N) is 2. The molecule has 0 unspecified atom stereocenters. The molecule has 0 bridgehead atoms. The van der Waals surface area contributed by atoms with Crippen LogP contribution >= 0.6 is 0 Å². The molecule has 0 atom stereocenters. The molecule has 1 aromatic carbocycles. The molecule has 2 N–H and O–H groups in total. The number of carbonyl (C=O) groups is 1. The third kappa shape index (κ3) is 3.10. The van der Waals surface area contributed by atoms with Gasteiger partial charge < -0.3 is 15.2 Å². The second-order valence-corrected chi connectivity index (χ2v) is 3.78. The van der Waals surface area contributed by atoms with Gasteiger partial charge in [0, 0.05) is 23.9 Å². The first kappa shape index (κ1) is 12.2. The normalized spacial score (nSPS) is 10.1. The van der Waals surface area contributed by atoms with Crippen LogP contribution in [0.25, 0.3) is 0 Å². The minimum absolute atomic E-state index is 0.124. The van der Waals surface area contributed by atoms with Crippen molar-refractivity contribution in [2.45, 2.75) is 13.5 Å². The number of aromatic nitrogens is 1. The molecule has 5 heteroatoms. The van der Waals surface area contributed by atoms with Gasteiger partial charge in [-0.2, -0.15) is 0 Å². The number of rotatable bonds is 5. The molecule has 0 saturated heterocycles. The molecule has 94 valence electrons. The molecule has 1 heterocycles. The van der Waals surface area contributed by atoms with Crippen LogP contribution in [-0.2, 0) is 6.54 Å². The van der Waals surface area contributed by atoms with Crippen LogP contribution in [0.2, 0.25) is 0 Å². The summed E-state index contributed by atoms with van der Waals surface area (Å²) in [6.45, 7) is 3.25. The molecule has 1 aromatic heterocycles. The Bertz CT molecular complexity index is 491. The van der Waals surface area contributed by atoms with Crippen molar-refractivity contribution in [3.63, 3.8) is 0 Å². The van der Waals surface area contributed by atoms with Gasteiger partial charge in [-0.1, -0.05) is 5.16 Å². The summed E-state index contributed by atoms with van der Waals surface area (Å²) < 4.78 is 4.69. The molecular formula is C13H15N3O2. The second kappa shape index (κ2) is 5.86. The molecule has 0 saturated carbocycles. The van der Waals surface area contributed by atoms with Crippen molar-refractivity contribution < 1.29 is 9.32 Å². The van der Waals surface area contributed by atoms with E-state index < -0.39 is 0 Å². The van der Waals surface area contributed by atoms with Gasteiger partial charge in [0.2, 0.25) is 0 Å². The topological polar surface area (TPSA) is 67.2 Å². The molecule has 2 rings (SSSR count). The van der Waals surface area contributed by atoms with Crippen molar-refractivity contribution in [1.29, 1.82) is 0 Å². The van der Waals surface area contributed by atoms with Crippen molar-refractivity contribution in [3.8, 4) is 0 Å². The fraction of sp³-hybridized carbons (Fsp3) is 0.231. The zero-order valence-electron chi connectivity index (χ0n) is 10.1. The maximum atomic E-state index is 11.8. The minimum atomic E-state index is -0.124. The number of benzene rings is 1. The highest BCUT2D eigenvalue weighted by molar-refractivity contribution is 5.94. The van der Waals surface area contributed by atoms with E-state index in [0.29, 0.717) is 17.8 Å². The Balaban J connectivity index is 1.92. The fourth-order valence-corrected chi connectivity index (χ4v) is 1.55. The van der Waals surface area contributed by atoms with E-state index in [4.69, 9.17) is 0 Å². The lowest BCUT2D eigenvalue weighted by molar-refractivity contribution is 0.0950. The first-order valence-corrected chi connectivity index (χ1v) is 5.81. The first-order chi connectivity index (χ1) is 8.79. The number of carbonyl (C=O) groups excluding carboxylic acids is 1.